The van der Waals surface area contributed by atoms with Crippen molar-refractivity contribution < 1.29 is 14.3 Å². The standard InChI is InChI=1S/C17H24N2O3/c1-13(20)14-5-2-7-16(11-14)22-10-4-8-17(21)19-9-3-6-15(19)12-18/h2,5,7,11,15H,3-4,6,8-10,12,18H2,1H3. The lowest BCUT2D eigenvalue weighted by Gasteiger charge is -2.23. The minimum absolute atomic E-state index is 0.0162. The van der Waals surface area contributed by atoms with Crippen LogP contribution in [0.1, 0.15) is 43.0 Å². The van der Waals surface area contributed by atoms with E-state index in [1.807, 2.05) is 11.0 Å². The lowest BCUT2D eigenvalue weighted by Crippen LogP contribution is -2.39. The number of carbonyl (C=O) groups is 2. The fourth-order valence-electron chi connectivity index (χ4n) is 2.77. The molecule has 5 heteroatoms. The molecule has 1 aliphatic heterocycles. The van der Waals surface area contributed by atoms with Gasteiger partial charge in [-0.3, -0.25) is 9.59 Å². The summed E-state index contributed by atoms with van der Waals surface area (Å²) in [7, 11) is 0. The number of carbonyl (C=O) groups excluding carboxylic acids is 2. The number of hydrogen-bond acceptors (Lipinski definition) is 4. The molecule has 0 saturated carbocycles. The summed E-state index contributed by atoms with van der Waals surface area (Å²) in [5, 5.41) is 0. The van der Waals surface area contributed by atoms with E-state index in [9.17, 15) is 9.59 Å². The number of amides is 1. The zero-order valence-corrected chi connectivity index (χ0v) is 13.1. The van der Waals surface area contributed by atoms with Crippen LogP contribution in [0.5, 0.6) is 5.75 Å². The minimum atomic E-state index is 0.0162. The summed E-state index contributed by atoms with van der Waals surface area (Å²) in [5.74, 6) is 0.845. The molecular weight excluding hydrogens is 280 g/mol. The second kappa shape index (κ2) is 7.94. The van der Waals surface area contributed by atoms with Crippen LogP contribution in [0.4, 0.5) is 0 Å². The van der Waals surface area contributed by atoms with Crippen LogP contribution in [-0.2, 0) is 4.79 Å². The number of nitrogens with two attached hydrogens (primary N) is 1. The Labute approximate surface area is 131 Å². The van der Waals surface area contributed by atoms with Crippen molar-refractivity contribution in [1.29, 1.82) is 0 Å². The number of Topliss-reactive ketones (excluding diaryl/α,β-unsaturated/α-hetero) is 1. The van der Waals surface area contributed by atoms with Gasteiger partial charge in [-0.25, -0.2) is 0 Å². The fraction of sp³-hybridized carbons (Fsp3) is 0.529. The highest BCUT2D eigenvalue weighted by atomic mass is 16.5. The molecule has 0 spiro atoms. The summed E-state index contributed by atoms with van der Waals surface area (Å²) >= 11 is 0. The second-order valence-electron chi connectivity index (χ2n) is 5.65. The molecule has 1 fully saturated rings. The lowest BCUT2D eigenvalue weighted by molar-refractivity contribution is -0.132. The van der Waals surface area contributed by atoms with Crippen molar-refractivity contribution in [2.24, 2.45) is 5.73 Å². The average molecular weight is 304 g/mol. The van der Waals surface area contributed by atoms with Gasteiger partial charge in [-0.2, -0.15) is 0 Å². The Hall–Kier alpha value is -1.88. The molecule has 0 aromatic heterocycles. The van der Waals surface area contributed by atoms with E-state index in [1.165, 1.54) is 6.92 Å². The molecule has 22 heavy (non-hydrogen) atoms. The summed E-state index contributed by atoms with van der Waals surface area (Å²) in [4.78, 5) is 25.3. The SMILES string of the molecule is CC(=O)c1cccc(OCCCC(=O)N2CCCC2CN)c1. The molecule has 1 unspecified atom stereocenters. The van der Waals surface area contributed by atoms with E-state index in [1.54, 1.807) is 18.2 Å². The number of benzene rings is 1. The number of nitrogens with zero attached hydrogens (tertiary/aromatic N) is 1. The Morgan fingerprint density at radius 3 is 2.95 bits per heavy atom. The topological polar surface area (TPSA) is 72.6 Å². The number of rotatable bonds is 7. The smallest absolute Gasteiger partial charge is 0.222 e. The Balaban J connectivity index is 1.74. The van der Waals surface area contributed by atoms with Gasteiger partial charge < -0.3 is 15.4 Å². The Bertz CT molecular complexity index is 530. The van der Waals surface area contributed by atoms with Gasteiger partial charge in [0.25, 0.3) is 0 Å². The summed E-state index contributed by atoms with van der Waals surface area (Å²) < 4.78 is 5.62. The molecule has 1 aromatic carbocycles. The maximum Gasteiger partial charge on any atom is 0.222 e. The average Bonchev–Trinajstić information content (AvgIpc) is 3.00. The highest BCUT2D eigenvalue weighted by Crippen LogP contribution is 2.18. The van der Waals surface area contributed by atoms with E-state index in [2.05, 4.69) is 0 Å². The summed E-state index contributed by atoms with van der Waals surface area (Å²) in [6, 6.07) is 7.32. The maximum absolute atomic E-state index is 12.1. The first-order valence-corrected chi connectivity index (χ1v) is 7.85. The van der Waals surface area contributed by atoms with Crippen LogP contribution >= 0.6 is 0 Å². The van der Waals surface area contributed by atoms with Crippen LogP contribution in [0.3, 0.4) is 0 Å². The third-order valence-corrected chi connectivity index (χ3v) is 4.01. The molecular formula is C17H24N2O3. The zero-order chi connectivity index (χ0) is 15.9. The summed E-state index contributed by atoms with van der Waals surface area (Å²) in [6.07, 6.45) is 3.19. The van der Waals surface area contributed by atoms with E-state index < -0.39 is 0 Å². The van der Waals surface area contributed by atoms with Gasteiger partial charge in [-0.15, -0.1) is 0 Å². The van der Waals surface area contributed by atoms with Crippen molar-refractivity contribution in [3.05, 3.63) is 29.8 Å². The maximum atomic E-state index is 12.1. The third kappa shape index (κ3) is 4.31. The molecule has 0 aliphatic carbocycles. The molecule has 2 rings (SSSR count). The molecule has 2 N–H and O–H groups in total. The van der Waals surface area contributed by atoms with Gasteiger partial charge in [0.05, 0.1) is 6.61 Å². The second-order valence-corrected chi connectivity index (χ2v) is 5.65. The third-order valence-electron chi connectivity index (χ3n) is 4.01. The van der Waals surface area contributed by atoms with Crippen molar-refractivity contribution in [3.8, 4) is 5.75 Å². The van der Waals surface area contributed by atoms with Crippen molar-refractivity contribution in [2.45, 2.75) is 38.6 Å². The molecule has 1 aliphatic rings. The molecule has 0 bridgehead atoms. The number of ketones is 1. The number of likely N-dealkylation sites (tertiary alicyclic amines) is 1. The van der Waals surface area contributed by atoms with Gasteiger partial charge in [0.2, 0.25) is 5.91 Å². The number of hydrogen-bond donors (Lipinski definition) is 1. The van der Waals surface area contributed by atoms with E-state index in [0.717, 1.165) is 19.4 Å². The van der Waals surface area contributed by atoms with Crippen LogP contribution in [0.25, 0.3) is 0 Å². The van der Waals surface area contributed by atoms with E-state index >= 15 is 0 Å². The van der Waals surface area contributed by atoms with Gasteiger partial charge >= 0.3 is 0 Å². The number of ether oxygens (including phenoxy) is 1. The Morgan fingerprint density at radius 1 is 1.41 bits per heavy atom. The molecule has 0 radical (unpaired) electrons. The van der Waals surface area contributed by atoms with Crippen molar-refractivity contribution in [3.63, 3.8) is 0 Å². The van der Waals surface area contributed by atoms with Gasteiger partial charge in [-0.05, 0) is 38.3 Å². The first kappa shape index (κ1) is 16.5. The molecule has 1 atom stereocenters. The van der Waals surface area contributed by atoms with E-state index in [-0.39, 0.29) is 17.7 Å². The summed E-state index contributed by atoms with van der Waals surface area (Å²) in [5.41, 5.74) is 6.32. The van der Waals surface area contributed by atoms with E-state index in [4.69, 9.17) is 10.5 Å². The minimum Gasteiger partial charge on any atom is -0.494 e. The molecule has 1 saturated heterocycles. The highest BCUT2D eigenvalue weighted by molar-refractivity contribution is 5.94. The molecule has 1 heterocycles. The predicted octanol–water partition coefficient (Wildman–Crippen LogP) is 2.00. The van der Waals surface area contributed by atoms with Crippen LogP contribution in [0.2, 0.25) is 0 Å². The monoisotopic (exact) mass is 304 g/mol. The first-order chi connectivity index (χ1) is 10.6. The lowest BCUT2D eigenvalue weighted by atomic mass is 10.1. The zero-order valence-electron chi connectivity index (χ0n) is 13.1. The van der Waals surface area contributed by atoms with Crippen molar-refractivity contribution >= 4 is 11.7 Å². The predicted molar refractivity (Wildman–Crippen MR) is 85.0 cm³/mol. The summed E-state index contributed by atoms with van der Waals surface area (Å²) in [6.45, 7) is 3.36. The molecule has 1 amide bonds. The quantitative estimate of drug-likeness (QED) is 0.617. The fourth-order valence-corrected chi connectivity index (χ4v) is 2.77. The van der Waals surface area contributed by atoms with Gasteiger partial charge in [0, 0.05) is 31.1 Å². The van der Waals surface area contributed by atoms with Crippen LogP contribution < -0.4 is 10.5 Å². The van der Waals surface area contributed by atoms with Crippen molar-refractivity contribution in [1.82, 2.24) is 4.90 Å². The van der Waals surface area contributed by atoms with Gasteiger partial charge in [0.1, 0.15) is 5.75 Å². The van der Waals surface area contributed by atoms with E-state index in [0.29, 0.717) is 37.3 Å². The molecule has 1 aromatic rings. The van der Waals surface area contributed by atoms with Crippen LogP contribution in [-0.4, -0.2) is 42.3 Å². The largest absolute Gasteiger partial charge is 0.494 e. The van der Waals surface area contributed by atoms with Gasteiger partial charge in [-0.1, -0.05) is 12.1 Å². The Kier molecular flexibility index (Phi) is 5.95. The first-order valence-electron chi connectivity index (χ1n) is 7.85. The van der Waals surface area contributed by atoms with Crippen LogP contribution in [0.15, 0.2) is 24.3 Å². The molecule has 120 valence electrons. The Morgan fingerprint density at radius 2 is 2.23 bits per heavy atom. The molecule has 5 nitrogen and oxygen atoms in total. The normalized spacial score (nSPS) is 17.5. The van der Waals surface area contributed by atoms with Gasteiger partial charge in [0.15, 0.2) is 5.78 Å². The van der Waals surface area contributed by atoms with Crippen molar-refractivity contribution in [2.75, 3.05) is 19.7 Å². The van der Waals surface area contributed by atoms with Crippen LogP contribution in [0, 0.1) is 0 Å². The highest BCUT2D eigenvalue weighted by Gasteiger charge is 2.26.